The smallest absolute Gasteiger partial charge is 0.306 e. The van der Waals surface area contributed by atoms with E-state index in [1.807, 2.05) is 44.2 Å². The summed E-state index contributed by atoms with van der Waals surface area (Å²) >= 11 is 3.09. The SMILES string of the molecule is CCCSP(=O)(OCC)N(C)C(C)=Nc1ccc(Sc2ccccc2)cc1. The van der Waals surface area contributed by atoms with Gasteiger partial charge in [0.2, 0.25) is 0 Å². The quantitative estimate of drug-likeness (QED) is 0.245. The molecule has 4 nitrogen and oxygen atoms in total. The molecule has 0 aliphatic rings. The lowest BCUT2D eigenvalue weighted by molar-refractivity contribution is 0.323. The van der Waals surface area contributed by atoms with Crippen LogP contribution in [0.2, 0.25) is 0 Å². The van der Waals surface area contributed by atoms with Crippen molar-refractivity contribution in [2.45, 2.75) is 37.0 Å². The molecule has 1 unspecified atom stereocenters. The van der Waals surface area contributed by atoms with Gasteiger partial charge in [0.1, 0.15) is 5.84 Å². The zero-order valence-corrected chi connectivity index (χ0v) is 18.8. The van der Waals surface area contributed by atoms with Gasteiger partial charge in [-0.2, -0.15) is 0 Å². The number of benzene rings is 2. The fourth-order valence-electron chi connectivity index (χ4n) is 2.23. The summed E-state index contributed by atoms with van der Waals surface area (Å²) in [5.74, 6) is 1.47. The molecule has 0 heterocycles. The molecule has 7 heteroatoms. The maximum absolute atomic E-state index is 13.1. The van der Waals surface area contributed by atoms with Gasteiger partial charge in [-0.25, -0.2) is 4.99 Å². The van der Waals surface area contributed by atoms with Crippen molar-refractivity contribution in [1.29, 1.82) is 0 Å². The Labute approximate surface area is 171 Å². The molecule has 146 valence electrons. The Morgan fingerprint density at radius 1 is 1.07 bits per heavy atom. The highest BCUT2D eigenvalue weighted by Crippen LogP contribution is 2.62. The maximum Gasteiger partial charge on any atom is 0.354 e. The van der Waals surface area contributed by atoms with Crippen LogP contribution in [0.5, 0.6) is 0 Å². The third-order valence-electron chi connectivity index (χ3n) is 3.69. The van der Waals surface area contributed by atoms with Crippen molar-refractivity contribution >= 4 is 41.4 Å². The Hall–Kier alpha value is -1.20. The molecule has 0 fully saturated rings. The molecule has 0 spiro atoms. The highest BCUT2D eigenvalue weighted by Gasteiger charge is 2.30. The van der Waals surface area contributed by atoms with Crippen molar-refractivity contribution in [1.82, 2.24) is 4.67 Å². The van der Waals surface area contributed by atoms with E-state index in [0.717, 1.165) is 22.8 Å². The van der Waals surface area contributed by atoms with Crippen LogP contribution in [0.25, 0.3) is 0 Å². The van der Waals surface area contributed by atoms with Crippen molar-refractivity contribution in [2.24, 2.45) is 4.99 Å². The topological polar surface area (TPSA) is 41.9 Å². The molecule has 27 heavy (non-hydrogen) atoms. The summed E-state index contributed by atoms with van der Waals surface area (Å²) in [6.45, 7) is 3.25. The van der Waals surface area contributed by atoms with Gasteiger partial charge in [0.25, 0.3) is 0 Å². The van der Waals surface area contributed by atoms with Gasteiger partial charge in [0.15, 0.2) is 0 Å². The van der Waals surface area contributed by atoms with E-state index >= 15 is 0 Å². The van der Waals surface area contributed by atoms with E-state index in [1.54, 1.807) is 23.5 Å². The third kappa shape index (κ3) is 6.72. The van der Waals surface area contributed by atoms with Gasteiger partial charge in [0, 0.05) is 22.6 Å². The summed E-state index contributed by atoms with van der Waals surface area (Å²) in [5.41, 5.74) is 0.834. The van der Waals surface area contributed by atoms with Gasteiger partial charge >= 0.3 is 6.72 Å². The number of aliphatic imine (C=N–C) groups is 1. The molecule has 0 aliphatic carbocycles. The molecule has 2 aromatic carbocycles. The minimum absolute atomic E-state index is 0.414. The van der Waals surface area contributed by atoms with E-state index in [4.69, 9.17) is 4.52 Å². The lowest BCUT2D eigenvalue weighted by Crippen LogP contribution is -2.21. The normalized spacial score (nSPS) is 14.0. The minimum atomic E-state index is -2.96. The molecular formula is C20H27N2O2PS2. The second-order valence-corrected chi connectivity index (χ2v) is 11.6. The molecule has 0 radical (unpaired) electrons. The van der Waals surface area contributed by atoms with E-state index in [9.17, 15) is 4.57 Å². The summed E-state index contributed by atoms with van der Waals surface area (Å²) in [6.07, 6.45) is 0.951. The van der Waals surface area contributed by atoms with E-state index in [2.05, 4.69) is 36.2 Å². The molecule has 2 aromatic rings. The highest BCUT2D eigenvalue weighted by atomic mass is 32.7. The molecule has 1 atom stereocenters. The van der Waals surface area contributed by atoms with Crippen LogP contribution in [0.3, 0.4) is 0 Å². The van der Waals surface area contributed by atoms with Crippen LogP contribution in [0.1, 0.15) is 27.2 Å². The zero-order chi connectivity index (χ0) is 19.7. The molecule has 0 amide bonds. The van der Waals surface area contributed by atoms with E-state index in [1.165, 1.54) is 16.3 Å². The van der Waals surface area contributed by atoms with Crippen molar-refractivity contribution in [2.75, 3.05) is 19.4 Å². The second-order valence-electron chi connectivity index (χ2n) is 5.81. The lowest BCUT2D eigenvalue weighted by atomic mass is 10.3. The highest BCUT2D eigenvalue weighted by molar-refractivity contribution is 8.56. The van der Waals surface area contributed by atoms with Crippen LogP contribution < -0.4 is 0 Å². The summed E-state index contributed by atoms with van der Waals surface area (Å²) in [4.78, 5) is 6.99. The van der Waals surface area contributed by atoms with Crippen LogP contribution in [0, 0.1) is 0 Å². The van der Waals surface area contributed by atoms with Crippen molar-refractivity contribution in [3.8, 4) is 0 Å². The van der Waals surface area contributed by atoms with Crippen LogP contribution in [-0.2, 0) is 9.09 Å². The summed E-state index contributed by atoms with van der Waals surface area (Å²) in [5, 5.41) is 0. The first-order valence-electron chi connectivity index (χ1n) is 9.00. The Morgan fingerprint density at radius 3 is 2.30 bits per heavy atom. The lowest BCUT2D eigenvalue weighted by Gasteiger charge is -2.27. The van der Waals surface area contributed by atoms with Gasteiger partial charge in [0.05, 0.1) is 12.3 Å². The van der Waals surface area contributed by atoms with Crippen molar-refractivity contribution < 1.29 is 9.09 Å². The number of amidine groups is 1. The van der Waals surface area contributed by atoms with Gasteiger partial charge in [-0.3, -0.25) is 9.24 Å². The average molecular weight is 423 g/mol. The summed E-state index contributed by atoms with van der Waals surface area (Å²) in [6, 6.07) is 18.3. The van der Waals surface area contributed by atoms with Gasteiger partial charge in [-0.15, -0.1) is 0 Å². The second kappa shape index (κ2) is 11.0. The first-order valence-corrected chi connectivity index (χ1v) is 13.0. The molecule has 0 saturated heterocycles. The standard InChI is InChI=1S/C20H27N2O2PS2/c1-5-16-26-25(23,24-6-2)22(4)17(3)21-18-12-14-20(15-13-18)27-19-10-8-7-9-11-19/h7-15H,5-6,16H2,1-4H3. The fourth-order valence-corrected chi connectivity index (χ4v) is 7.28. The van der Waals surface area contributed by atoms with Crippen LogP contribution in [0.15, 0.2) is 69.4 Å². The fraction of sp³-hybridized carbons (Fsp3) is 0.350. The predicted octanol–water partition coefficient (Wildman–Crippen LogP) is 7.11. The van der Waals surface area contributed by atoms with Crippen molar-refractivity contribution in [3.63, 3.8) is 0 Å². The van der Waals surface area contributed by atoms with Gasteiger partial charge in [-0.05, 0) is 68.0 Å². The van der Waals surface area contributed by atoms with Crippen LogP contribution in [-0.4, -0.2) is 29.9 Å². The first kappa shape index (κ1) is 22.1. The maximum atomic E-state index is 13.1. The van der Waals surface area contributed by atoms with E-state index < -0.39 is 6.72 Å². The predicted molar refractivity (Wildman–Crippen MR) is 120 cm³/mol. The van der Waals surface area contributed by atoms with Gasteiger partial charge in [-0.1, -0.05) is 36.9 Å². The molecular weight excluding hydrogens is 395 g/mol. The number of rotatable bonds is 9. The van der Waals surface area contributed by atoms with Gasteiger partial charge < -0.3 is 4.52 Å². The molecule has 0 aromatic heterocycles. The summed E-state index contributed by atoms with van der Waals surface area (Å²) in [7, 11) is 1.79. The Bertz CT molecular complexity index is 782. The minimum Gasteiger partial charge on any atom is -0.306 e. The molecule has 0 saturated carbocycles. The van der Waals surface area contributed by atoms with Crippen LogP contribution in [0.4, 0.5) is 5.69 Å². The average Bonchev–Trinajstić information content (AvgIpc) is 2.68. The first-order chi connectivity index (χ1) is 13.0. The molecule has 0 N–H and O–H groups in total. The molecule has 0 bridgehead atoms. The summed E-state index contributed by atoms with van der Waals surface area (Å²) < 4.78 is 20.4. The van der Waals surface area contributed by atoms with Crippen LogP contribution >= 0.6 is 29.9 Å². The van der Waals surface area contributed by atoms with E-state index in [-0.39, 0.29) is 0 Å². The number of nitrogens with zero attached hydrogens (tertiary/aromatic N) is 2. The third-order valence-corrected chi connectivity index (χ3v) is 9.81. The zero-order valence-electron chi connectivity index (χ0n) is 16.3. The molecule has 2 rings (SSSR count). The van der Waals surface area contributed by atoms with E-state index in [0.29, 0.717) is 12.4 Å². The Balaban J connectivity index is 2.10. The number of hydrogen-bond donors (Lipinski definition) is 0. The molecule has 0 aliphatic heterocycles. The monoisotopic (exact) mass is 422 g/mol. The largest absolute Gasteiger partial charge is 0.354 e. The number of hydrogen-bond acceptors (Lipinski definition) is 5. The van der Waals surface area contributed by atoms with Crippen molar-refractivity contribution in [3.05, 3.63) is 54.6 Å². The Morgan fingerprint density at radius 2 is 1.70 bits per heavy atom. The Kier molecular flexibility index (Phi) is 8.97.